The predicted octanol–water partition coefficient (Wildman–Crippen LogP) is 2.15. The van der Waals surface area contributed by atoms with Crippen LogP contribution in [0.25, 0.3) is 10.8 Å². The van der Waals surface area contributed by atoms with Gasteiger partial charge in [0.05, 0.1) is 5.69 Å². The molecule has 2 rings (SSSR count). The normalized spacial score (nSPS) is 13.2. The highest BCUT2D eigenvalue weighted by Gasteiger charge is 2.21. The van der Waals surface area contributed by atoms with Gasteiger partial charge in [0.25, 0.3) is 5.89 Å². The fraction of sp³-hybridized carbons (Fsp3) is 0.600. The van der Waals surface area contributed by atoms with Crippen molar-refractivity contribution in [2.75, 3.05) is 0 Å². The molecule has 1 unspecified atom stereocenters. The van der Waals surface area contributed by atoms with Gasteiger partial charge in [0.1, 0.15) is 11.0 Å². The first-order chi connectivity index (χ1) is 8.13. The Bertz CT molecular complexity index is 494. The lowest BCUT2D eigenvalue weighted by atomic mass is 10.1. The number of aliphatic hydroxyl groups excluding tert-OH is 1. The molecule has 1 N–H and O–H groups in total. The highest BCUT2D eigenvalue weighted by Crippen LogP contribution is 2.30. The summed E-state index contributed by atoms with van der Waals surface area (Å²) in [5.74, 6) is 0.937. The van der Waals surface area contributed by atoms with Gasteiger partial charge in [0.15, 0.2) is 0 Å². The van der Waals surface area contributed by atoms with Crippen molar-refractivity contribution in [2.24, 2.45) is 0 Å². The summed E-state index contributed by atoms with van der Waals surface area (Å²) in [6, 6.07) is 0. The Morgan fingerprint density at radius 1 is 1.41 bits per heavy atom. The SMILES string of the molecule is CCC(O)c1noc(-c2snnc2C(C)C)n1. The van der Waals surface area contributed by atoms with Gasteiger partial charge in [-0.2, -0.15) is 4.98 Å². The van der Waals surface area contributed by atoms with Crippen molar-refractivity contribution in [3.8, 4) is 10.8 Å². The van der Waals surface area contributed by atoms with Crippen LogP contribution in [0.5, 0.6) is 0 Å². The van der Waals surface area contributed by atoms with Crippen molar-refractivity contribution in [3.63, 3.8) is 0 Å². The van der Waals surface area contributed by atoms with Crippen LogP contribution >= 0.6 is 11.5 Å². The maximum atomic E-state index is 9.61. The second kappa shape index (κ2) is 4.89. The molecule has 2 aromatic rings. The largest absolute Gasteiger partial charge is 0.385 e. The molecule has 0 radical (unpaired) electrons. The van der Waals surface area contributed by atoms with Gasteiger partial charge >= 0.3 is 0 Å². The molecule has 1 atom stereocenters. The molecule has 7 heteroatoms. The molecule has 2 heterocycles. The van der Waals surface area contributed by atoms with Crippen molar-refractivity contribution in [3.05, 3.63) is 11.5 Å². The van der Waals surface area contributed by atoms with E-state index in [1.807, 2.05) is 20.8 Å². The van der Waals surface area contributed by atoms with E-state index < -0.39 is 6.10 Å². The Balaban J connectivity index is 2.34. The monoisotopic (exact) mass is 254 g/mol. The zero-order valence-electron chi connectivity index (χ0n) is 9.91. The maximum Gasteiger partial charge on any atom is 0.271 e. The van der Waals surface area contributed by atoms with E-state index in [0.717, 1.165) is 10.6 Å². The summed E-state index contributed by atoms with van der Waals surface area (Å²) in [6.07, 6.45) is -0.132. The van der Waals surface area contributed by atoms with Crippen LogP contribution in [0.1, 0.15) is 50.7 Å². The van der Waals surface area contributed by atoms with Crippen molar-refractivity contribution < 1.29 is 9.63 Å². The van der Waals surface area contributed by atoms with Crippen LogP contribution in [-0.2, 0) is 0 Å². The molecule has 0 saturated carbocycles. The summed E-state index contributed by atoms with van der Waals surface area (Å²) in [4.78, 5) is 4.95. The standard InChI is InChI=1S/C10H14N4O2S/c1-4-6(15)9-11-10(16-13-9)8-7(5(2)3)12-14-17-8/h5-6,15H,4H2,1-3H3. The Morgan fingerprint density at radius 2 is 2.18 bits per heavy atom. The number of aromatic nitrogens is 4. The van der Waals surface area contributed by atoms with E-state index in [-0.39, 0.29) is 5.92 Å². The number of aliphatic hydroxyl groups is 1. The number of hydrogen-bond acceptors (Lipinski definition) is 7. The van der Waals surface area contributed by atoms with Crippen LogP contribution in [0, 0.1) is 0 Å². The highest BCUT2D eigenvalue weighted by molar-refractivity contribution is 7.09. The maximum absolute atomic E-state index is 9.61. The van der Waals surface area contributed by atoms with Crippen molar-refractivity contribution in [1.29, 1.82) is 0 Å². The molecular weight excluding hydrogens is 240 g/mol. The van der Waals surface area contributed by atoms with Crippen LogP contribution in [0.2, 0.25) is 0 Å². The van der Waals surface area contributed by atoms with Gasteiger partial charge in [0.2, 0.25) is 5.82 Å². The molecule has 2 aromatic heterocycles. The van der Waals surface area contributed by atoms with Crippen molar-refractivity contribution in [2.45, 2.75) is 39.2 Å². The quantitative estimate of drug-likeness (QED) is 0.899. The van der Waals surface area contributed by atoms with Gasteiger partial charge in [0, 0.05) is 0 Å². The average molecular weight is 254 g/mol. The Kier molecular flexibility index (Phi) is 3.49. The molecule has 0 amide bonds. The summed E-state index contributed by atoms with van der Waals surface area (Å²) in [5, 5.41) is 17.4. The van der Waals surface area contributed by atoms with Gasteiger partial charge in [-0.15, -0.1) is 5.10 Å². The lowest BCUT2D eigenvalue weighted by Crippen LogP contribution is -1.97. The van der Waals surface area contributed by atoms with E-state index in [1.54, 1.807) is 0 Å². The van der Waals surface area contributed by atoms with E-state index in [0.29, 0.717) is 18.1 Å². The molecule has 0 fully saturated rings. The molecule has 0 aliphatic rings. The van der Waals surface area contributed by atoms with Crippen molar-refractivity contribution in [1.82, 2.24) is 19.7 Å². The van der Waals surface area contributed by atoms with Crippen LogP contribution < -0.4 is 0 Å². The molecule has 92 valence electrons. The number of rotatable bonds is 4. The molecule has 0 saturated heterocycles. The third kappa shape index (κ3) is 2.34. The van der Waals surface area contributed by atoms with Gasteiger partial charge < -0.3 is 9.63 Å². The average Bonchev–Trinajstić information content (AvgIpc) is 2.95. The molecule has 6 nitrogen and oxygen atoms in total. The number of hydrogen-bond donors (Lipinski definition) is 1. The minimum Gasteiger partial charge on any atom is -0.385 e. The molecular formula is C10H14N4O2S. The van der Waals surface area contributed by atoms with E-state index in [4.69, 9.17) is 4.52 Å². The molecule has 0 aliphatic heterocycles. The van der Waals surface area contributed by atoms with Crippen LogP contribution in [0.4, 0.5) is 0 Å². The fourth-order valence-corrected chi connectivity index (χ4v) is 2.11. The first kappa shape index (κ1) is 12.1. The predicted molar refractivity (Wildman–Crippen MR) is 62.5 cm³/mol. The fourth-order valence-electron chi connectivity index (χ4n) is 1.37. The van der Waals surface area contributed by atoms with Crippen LogP contribution in [0.3, 0.4) is 0 Å². The lowest BCUT2D eigenvalue weighted by molar-refractivity contribution is 0.159. The minimum atomic E-state index is -0.684. The minimum absolute atomic E-state index is 0.246. The second-order valence-electron chi connectivity index (χ2n) is 4.02. The van der Waals surface area contributed by atoms with Crippen molar-refractivity contribution >= 4 is 11.5 Å². The molecule has 0 aliphatic carbocycles. The summed E-state index contributed by atoms with van der Waals surface area (Å²) in [5.41, 5.74) is 0.844. The third-order valence-corrected chi connectivity index (χ3v) is 3.11. The zero-order valence-corrected chi connectivity index (χ0v) is 10.7. The Hall–Kier alpha value is -1.34. The van der Waals surface area contributed by atoms with Gasteiger partial charge in [-0.05, 0) is 23.9 Å². The topological polar surface area (TPSA) is 84.9 Å². The van der Waals surface area contributed by atoms with E-state index in [1.165, 1.54) is 11.5 Å². The van der Waals surface area contributed by atoms with E-state index in [9.17, 15) is 5.11 Å². The van der Waals surface area contributed by atoms with Gasteiger partial charge in [-0.1, -0.05) is 30.4 Å². The third-order valence-electron chi connectivity index (χ3n) is 2.38. The molecule has 17 heavy (non-hydrogen) atoms. The summed E-state index contributed by atoms with van der Waals surface area (Å²) in [7, 11) is 0. The first-order valence-corrected chi connectivity index (χ1v) is 6.25. The van der Waals surface area contributed by atoms with E-state index in [2.05, 4.69) is 19.7 Å². The lowest BCUT2D eigenvalue weighted by Gasteiger charge is -1.99. The summed E-state index contributed by atoms with van der Waals surface area (Å²) in [6.45, 7) is 5.91. The molecule has 0 aromatic carbocycles. The highest BCUT2D eigenvalue weighted by atomic mass is 32.1. The van der Waals surface area contributed by atoms with Crippen LogP contribution in [0.15, 0.2) is 4.52 Å². The summed E-state index contributed by atoms with van der Waals surface area (Å²) < 4.78 is 9.03. The Labute approximate surface area is 103 Å². The Morgan fingerprint density at radius 3 is 2.82 bits per heavy atom. The van der Waals surface area contributed by atoms with E-state index >= 15 is 0 Å². The van der Waals surface area contributed by atoms with Gasteiger partial charge in [-0.25, -0.2) is 0 Å². The second-order valence-corrected chi connectivity index (χ2v) is 4.78. The molecule has 0 bridgehead atoms. The zero-order chi connectivity index (χ0) is 12.4. The van der Waals surface area contributed by atoms with Crippen LogP contribution in [-0.4, -0.2) is 24.8 Å². The first-order valence-electron chi connectivity index (χ1n) is 5.47. The summed E-state index contributed by atoms with van der Waals surface area (Å²) >= 11 is 1.22. The number of nitrogens with zero attached hydrogens (tertiary/aromatic N) is 4. The molecule has 0 spiro atoms. The smallest absolute Gasteiger partial charge is 0.271 e. The van der Waals surface area contributed by atoms with Gasteiger partial charge in [-0.3, -0.25) is 0 Å².